The first kappa shape index (κ1) is 17.4. The monoisotopic (exact) mass is 366 g/mol. The molecule has 0 bridgehead atoms. The number of carbonyl (C=O) groups is 1. The van der Waals surface area contributed by atoms with E-state index in [0.717, 1.165) is 48.8 Å². The van der Waals surface area contributed by atoms with Gasteiger partial charge in [-0.05, 0) is 30.3 Å². The zero-order valence-electron chi connectivity index (χ0n) is 15.0. The van der Waals surface area contributed by atoms with Crippen LogP contribution in [0, 0.1) is 0 Å². The molecule has 1 amide bonds. The maximum atomic E-state index is 12.3. The summed E-state index contributed by atoms with van der Waals surface area (Å²) in [5.74, 6) is 0.698. The number of aromatic amines is 1. The molecule has 0 unspecified atom stereocenters. The van der Waals surface area contributed by atoms with Crippen molar-refractivity contribution in [3.8, 4) is 5.75 Å². The standard InChI is InChI=1S/C20H22N4O3/c25-20(15-5-6-16-17(13-15)23-14-22-16)21-7-10-27-19-4-2-1-3-18(19)24-8-11-26-12-9-24/h1-6,13-14H,7-12H2,(H,21,25)(H,22,23). The van der Waals surface area contributed by atoms with Gasteiger partial charge in [-0.25, -0.2) is 4.98 Å². The molecule has 0 saturated carbocycles. The molecule has 140 valence electrons. The van der Waals surface area contributed by atoms with Crippen LogP contribution >= 0.6 is 0 Å². The van der Waals surface area contributed by atoms with Gasteiger partial charge in [0.1, 0.15) is 12.4 Å². The molecule has 2 heterocycles. The number of nitrogens with zero attached hydrogens (tertiary/aromatic N) is 2. The van der Waals surface area contributed by atoms with E-state index in [2.05, 4.69) is 26.3 Å². The Morgan fingerprint density at radius 1 is 1.22 bits per heavy atom. The van der Waals surface area contributed by atoms with Gasteiger partial charge in [0, 0.05) is 18.7 Å². The highest BCUT2D eigenvalue weighted by atomic mass is 16.5. The summed E-state index contributed by atoms with van der Waals surface area (Å²) < 4.78 is 11.3. The molecule has 4 rings (SSSR count). The van der Waals surface area contributed by atoms with Gasteiger partial charge in [-0.3, -0.25) is 4.79 Å². The van der Waals surface area contributed by atoms with Gasteiger partial charge in [-0.2, -0.15) is 0 Å². The number of carbonyl (C=O) groups excluding carboxylic acids is 1. The highest BCUT2D eigenvalue weighted by molar-refractivity contribution is 5.97. The number of para-hydroxylation sites is 2. The van der Waals surface area contributed by atoms with Crippen molar-refractivity contribution in [3.63, 3.8) is 0 Å². The molecule has 2 aromatic carbocycles. The average molecular weight is 366 g/mol. The van der Waals surface area contributed by atoms with Gasteiger partial charge in [-0.15, -0.1) is 0 Å². The molecule has 0 aliphatic carbocycles. The second-order valence-electron chi connectivity index (χ2n) is 6.31. The molecule has 1 aliphatic heterocycles. The maximum absolute atomic E-state index is 12.3. The van der Waals surface area contributed by atoms with Crippen molar-refractivity contribution in [3.05, 3.63) is 54.4 Å². The predicted octanol–water partition coefficient (Wildman–Crippen LogP) is 2.21. The summed E-state index contributed by atoms with van der Waals surface area (Å²) >= 11 is 0. The van der Waals surface area contributed by atoms with Gasteiger partial charge in [0.25, 0.3) is 5.91 Å². The van der Waals surface area contributed by atoms with Gasteiger partial charge < -0.3 is 24.7 Å². The Hall–Kier alpha value is -3.06. The van der Waals surface area contributed by atoms with Gasteiger partial charge in [0.15, 0.2) is 0 Å². The Morgan fingerprint density at radius 3 is 2.96 bits per heavy atom. The van der Waals surface area contributed by atoms with Gasteiger partial charge in [0.05, 0.1) is 42.8 Å². The lowest BCUT2D eigenvalue weighted by atomic mass is 10.2. The molecule has 3 aromatic rings. The number of hydrogen-bond acceptors (Lipinski definition) is 5. The number of amides is 1. The van der Waals surface area contributed by atoms with E-state index in [9.17, 15) is 4.79 Å². The minimum atomic E-state index is -0.128. The number of aromatic nitrogens is 2. The molecular formula is C20H22N4O3. The third-order valence-corrected chi connectivity index (χ3v) is 4.54. The number of morpholine rings is 1. The quantitative estimate of drug-likeness (QED) is 0.654. The number of ether oxygens (including phenoxy) is 2. The first-order valence-electron chi connectivity index (χ1n) is 9.07. The van der Waals surface area contributed by atoms with Crippen LogP contribution in [0.2, 0.25) is 0 Å². The number of H-pyrrole nitrogens is 1. The molecule has 1 aromatic heterocycles. The molecular weight excluding hydrogens is 344 g/mol. The molecule has 0 atom stereocenters. The lowest BCUT2D eigenvalue weighted by molar-refractivity contribution is 0.0947. The number of benzene rings is 2. The molecule has 0 spiro atoms. The van der Waals surface area contributed by atoms with Crippen LogP contribution in [0.1, 0.15) is 10.4 Å². The lowest BCUT2D eigenvalue weighted by Crippen LogP contribution is -2.36. The Kier molecular flexibility index (Phi) is 5.20. The third kappa shape index (κ3) is 4.03. The van der Waals surface area contributed by atoms with Crippen molar-refractivity contribution < 1.29 is 14.3 Å². The summed E-state index contributed by atoms with van der Waals surface area (Å²) in [6.07, 6.45) is 1.62. The zero-order chi connectivity index (χ0) is 18.5. The number of rotatable bonds is 6. The number of nitrogens with one attached hydrogen (secondary N) is 2. The van der Waals surface area contributed by atoms with E-state index in [0.29, 0.717) is 18.7 Å². The zero-order valence-corrected chi connectivity index (χ0v) is 15.0. The number of imidazole rings is 1. The van der Waals surface area contributed by atoms with E-state index >= 15 is 0 Å². The summed E-state index contributed by atoms with van der Waals surface area (Å²) in [5, 5.41) is 2.89. The van der Waals surface area contributed by atoms with Crippen molar-refractivity contribution in [1.82, 2.24) is 15.3 Å². The van der Waals surface area contributed by atoms with Crippen LogP contribution in [0.4, 0.5) is 5.69 Å². The first-order chi connectivity index (χ1) is 13.3. The average Bonchev–Trinajstić information content (AvgIpc) is 3.20. The van der Waals surface area contributed by atoms with Crippen molar-refractivity contribution >= 4 is 22.6 Å². The molecule has 27 heavy (non-hydrogen) atoms. The second-order valence-corrected chi connectivity index (χ2v) is 6.31. The van der Waals surface area contributed by atoms with Crippen molar-refractivity contribution in [2.24, 2.45) is 0 Å². The number of anilines is 1. The second kappa shape index (κ2) is 8.09. The van der Waals surface area contributed by atoms with Crippen LogP contribution in [0.3, 0.4) is 0 Å². The summed E-state index contributed by atoms with van der Waals surface area (Å²) in [4.78, 5) is 21.7. The molecule has 0 radical (unpaired) electrons. The minimum Gasteiger partial charge on any atom is -0.490 e. The molecule has 1 saturated heterocycles. The summed E-state index contributed by atoms with van der Waals surface area (Å²) in [6, 6.07) is 13.4. The fraction of sp³-hybridized carbons (Fsp3) is 0.300. The van der Waals surface area contributed by atoms with Gasteiger partial charge in [0.2, 0.25) is 0 Å². The summed E-state index contributed by atoms with van der Waals surface area (Å²) in [7, 11) is 0. The number of fused-ring (bicyclic) bond motifs is 1. The van der Waals surface area contributed by atoms with Crippen LogP contribution in [-0.2, 0) is 4.74 Å². The van der Waals surface area contributed by atoms with Crippen LogP contribution in [0.15, 0.2) is 48.8 Å². The Labute approximate surface area is 157 Å². The van der Waals surface area contributed by atoms with Crippen LogP contribution in [0.25, 0.3) is 11.0 Å². The highest BCUT2D eigenvalue weighted by Gasteiger charge is 2.15. The molecule has 1 fully saturated rings. The van der Waals surface area contributed by atoms with Crippen molar-refractivity contribution in [1.29, 1.82) is 0 Å². The Balaban J connectivity index is 1.31. The number of hydrogen-bond donors (Lipinski definition) is 2. The topological polar surface area (TPSA) is 79.5 Å². The van der Waals surface area contributed by atoms with Crippen molar-refractivity contribution in [2.45, 2.75) is 0 Å². The normalized spacial score (nSPS) is 14.3. The summed E-state index contributed by atoms with van der Waals surface area (Å²) in [6.45, 7) is 3.99. The molecule has 1 aliphatic rings. The van der Waals surface area contributed by atoms with E-state index in [-0.39, 0.29) is 5.91 Å². The maximum Gasteiger partial charge on any atom is 0.251 e. The van der Waals surface area contributed by atoms with E-state index < -0.39 is 0 Å². The van der Waals surface area contributed by atoms with Crippen LogP contribution in [-0.4, -0.2) is 55.3 Å². The van der Waals surface area contributed by atoms with Crippen molar-refractivity contribution in [2.75, 3.05) is 44.4 Å². The predicted molar refractivity (Wildman–Crippen MR) is 103 cm³/mol. The smallest absolute Gasteiger partial charge is 0.251 e. The van der Waals surface area contributed by atoms with Crippen LogP contribution in [0.5, 0.6) is 5.75 Å². The SMILES string of the molecule is O=C(NCCOc1ccccc1N1CCOCC1)c1ccc2nc[nH]c2c1. The third-order valence-electron chi connectivity index (χ3n) is 4.54. The minimum absolute atomic E-state index is 0.128. The lowest BCUT2D eigenvalue weighted by Gasteiger charge is -2.30. The summed E-state index contributed by atoms with van der Waals surface area (Å²) in [5.41, 5.74) is 3.35. The molecule has 7 heteroatoms. The fourth-order valence-corrected chi connectivity index (χ4v) is 3.15. The Morgan fingerprint density at radius 2 is 2.07 bits per heavy atom. The Bertz CT molecular complexity index is 918. The van der Waals surface area contributed by atoms with Crippen LogP contribution < -0.4 is 15.0 Å². The highest BCUT2D eigenvalue weighted by Crippen LogP contribution is 2.28. The van der Waals surface area contributed by atoms with E-state index in [1.807, 2.05) is 24.3 Å². The largest absolute Gasteiger partial charge is 0.490 e. The van der Waals surface area contributed by atoms with E-state index in [4.69, 9.17) is 9.47 Å². The first-order valence-corrected chi connectivity index (χ1v) is 9.07. The molecule has 7 nitrogen and oxygen atoms in total. The van der Waals surface area contributed by atoms with E-state index in [1.54, 1.807) is 18.5 Å². The van der Waals surface area contributed by atoms with Gasteiger partial charge >= 0.3 is 0 Å². The van der Waals surface area contributed by atoms with Gasteiger partial charge in [-0.1, -0.05) is 12.1 Å². The van der Waals surface area contributed by atoms with E-state index in [1.165, 1.54) is 0 Å². The molecule has 2 N–H and O–H groups in total. The fourth-order valence-electron chi connectivity index (χ4n) is 3.15.